The van der Waals surface area contributed by atoms with Crippen LogP contribution in [-0.4, -0.2) is 28.6 Å². The lowest BCUT2D eigenvalue weighted by Gasteiger charge is -2.45. The number of carbonyl (C=O) groups is 2. The number of terminal acetylenes is 1. The van der Waals surface area contributed by atoms with E-state index in [2.05, 4.69) is 11.2 Å². The molecule has 0 spiro atoms. The molecule has 1 aliphatic carbocycles. The predicted molar refractivity (Wildman–Crippen MR) is 113 cm³/mol. The molecule has 2 N–H and O–H groups in total. The van der Waals surface area contributed by atoms with Gasteiger partial charge in [-0.3, -0.25) is 14.5 Å². The van der Waals surface area contributed by atoms with Crippen molar-refractivity contribution in [1.29, 1.82) is 0 Å². The maximum absolute atomic E-state index is 13.4. The zero-order valence-corrected chi connectivity index (χ0v) is 16.7. The molecule has 2 aromatic rings. The Morgan fingerprint density at radius 2 is 2.00 bits per heavy atom. The fourth-order valence-electron chi connectivity index (χ4n) is 3.92. The third-order valence-electron chi connectivity index (χ3n) is 5.24. The van der Waals surface area contributed by atoms with E-state index in [4.69, 9.17) is 18.0 Å². The molecule has 6 heteroatoms. The number of hydrogen-bond acceptors (Lipinski definition) is 3. The van der Waals surface area contributed by atoms with Gasteiger partial charge in [-0.25, -0.2) is 0 Å². The van der Waals surface area contributed by atoms with Gasteiger partial charge >= 0.3 is 5.91 Å². The van der Waals surface area contributed by atoms with Crippen molar-refractivity contribution < 1.29 is 14.7 Å². The van der Waals surface area contributed by atoms with Crippen molar-refractivity contribution in [2.24, 2.45) is 0 Å². The molecule has 0 aromatic heterocycles. The van der Waals surface area contributed by atoms with Gasteiger partial charge in [0.2, 0.25) is 5.91 Å². The lowest BCUT2D eigenvalue weighted by atomic mass is 9.77. The van der Waals surface area contributed by atoms with Gasteiger partial charge in [-0.2, -0.15) is 0 Å². The van der Waals surface area contributed by atoms with Gasteiger partial charge < -0.3 is 10.4 Å². The first-order valence-corrected chi connectivity index (χ1v) is 9.91. The molecular formula is C23H23ClN2O3. The number of aliphatic hydroxyl groups excluding tert-OH is 1. The topological polar surface area (TPSA) is 69.6 Å². The summed E-state index contributed by atoms with van der Waals surface area (Å²) in [4.78, 5) is 27.6. The van der Waals surface area contributed by atoms with E-state index in [-0.39, 0.29) is 12.3 Å². The van der Waals surface area contributed by atoms with Crippen LogP contribution in [0.5, 0.6) is 0 Å². The third-order valence-corrected chi connectivity index (χ3v) is 5.48. The second kappa shape index (κ2) is 9.13. The predicted octanol–water partition coefficient (Wildman–Crippen LogP) is 3.30. The summed E-state index contributed by atoms with van der Waals surface area (Å²) in [5.74, 6) is 1.14. The first-order chi connectivity index (χ1) is 14.0. The maximum atomic E-state index is 13.4. The average Bonchev–Trinajstić information content (AvgIpc) is 2.72. The summed E-state index contributed by atoms with van der Waals surface area (Å²) in [5, 5.41) is 13.7. The highest BCUT2D eigenvalue weighted by Crippen LogP contribution is 2.38. The van der Waals surface area contributed by atoms with Crippen LogP contribution in [0.25, 0.3) is 0 Å². The summed E-state index contributed by atoms with van der Waals surface area (Å²) in [7, 11) is 0. The molecule has 2 atom stereocenters. The monoisotopic (exact) mass is 410 g/mol. The van der Waals surface area contributed by atoms with E-state index in [1.54, 1.807) is 24.3 Å². The second-order valence-electron chi connectivity index (χ2n) is 7.21. The SMILES string of the molecule is C#CC(=O)N(c1cccc(Cl)c1)C1(C(=O)NCc2ccccc2)CCCC(O)C1. The number of nitrogens with zero attached hydrogens (tertiary/aromatic N) is 1. The maximum Gasteiger partial charge on any atom is 0.303 e. The van der Waals surface area contributed by atoms with E-state index in [0.717, 1.165) is 5.56 Å². The highest BCUT2D eigenvalue weighted by molar-refractivity contribution is 6.31. The van der Waals surface area contributed by atoms with Crippen LogP contribution in [0.2, 0.25) is 5.02 Å². The largest absolute Gasteiger partial charge is 0.393 e. The molecule has 0 heterocycles. The molecule has 0 aliphatic heterocycles. The van der Waals surface area contributed by atoms with Crippen LogP contribution < -0.4 is 10.2 Å². The second-order valence-corrected chi connectivity index (χ2v) is 7.65. The summed E-state index contributed by atoms with van der Waals surface area (Å²) in [5.41, 5.74) is 0.0787. The van der Waals surface area contributed by atoms with E-state index < -0.39 is 17.6 Å². The minimum Gasteiger partial charge on any atom is -0.393 e. The Morgan fingerprint density at radius 1 is 1.24 bits per heavy atom. The van der Waals surface area contributed by atoms with Crippen LogP contribution in [-0.2, 0) is 16.1 Å². The molecule has 2 amide bonds. The Labute approximate surface area is 175 Å². The normalized spacial score (nSPS) is 21.1. The molecular weight excluding hydrogens is 388 g/mol. The Hall–Kier alpha value is -2.81. The van der Waals surface area contributed by atoms with Crippen molar-refractivity contribution in [2.75, 3.05) is 4.90 Å². The van der Waals surface area contributed by atoms with Crippen LogP contribution in [0.3, 0.4) is 0 Å². The third kappa shape index (κ3) is 4.61. The van der Waals surface area contributed by atoms with Crippen molar-refractivity contribution in [3.63, 3.8) is 0 Å². The summed E-state index contributed by atoms with van der Waals surface area (Å²) in [6.07, 6.45) is 6.40. The molecule has 29 heavy (non-hydrogen) atoms. The van der Waals surface area contributed by atoms with Crippen LogP contribution in [0.1, 0.15) is 31.2 Å². The molecule has 3 rings (SSSR count). The Kier molecular flexibility index (Phi) is 6.58. The van der Waals surface area contributed by atoms with Crippen LogP contribution >= 0.6 is 11.6 Å². The summed E-state index contributed by atoms with van der Waals surface area (Å²) < 4.78 is 0. The zero-order chi connectivity index (χ0) is 20.9. The van der Waals surface area contributed by atoms with Gasteiger partial charge in [0.05, 0.1) is 6.10 Å². The number of nitrogens with one attached hydrogen (secondary N) is 1. The van der Waals surface area contributed by atoms with Crippen molar-refractivity contribution in [3.8, 4) is 12.3 Å². The number of anilines is 1. The molecule has 2 aromatic carbocycles. The first-order valence-electron chi connectivity index (χ1n) is 9.53. The number of benzene rings is 2. The van der Waals surface area contributed by atoms with Crippen molar-refractivity contribution in [1.82, 2.24) is 5.32 Å². The molecule has 0 bridgehead atoms. The summed E-state index contributed by atoms with van der Waals surface area (Å²) >= 11 is 6.13. The van der Waals surface area contributed by atoms with Gasteiger partial charge in [0, 0.05) is 23.7 Å². The van der Waals surface area contributed by atoms with Gasteiger partial charge in [-0.05, 0) is 48.9 Å². The van der Waals surface area contributed by atoms with E-state index in [0.29, 0.717) is 36.5 Å². The Balaban J connectivity index is 2.00. The molecule has 2 unspecified atom stereocenters. The molecule has 0 radical (unpaired) electrons. The molecule has 0 saturated heterocycles. The van der Waals surface area contributed by atoms with Gasteiger partial charge in [0.25, 0.3) is 0 Å². The molecule has 5 nitrogen and oxygen atoms in total. The van der Waals surface area contributed by atoms with E-state index in [1.807, 2.05) is 30.3 Å². The number of amides is 2. The molecule has 1 fully saturated rings. The molecule has 1 aliphatic rings. The number of rotatable bonds is 5. The fourth-order valence-corrected chi connectivity index (χ4v) is 4.10. The summed E-state index contributed by atoms with van der Waals surface area (Å²) in [6.45, 7) is 0.311. The lowest BCUT2D eigenvalue weighted by molar-refractivity contribution is -0.132. The van der Waals surface area contributed by atoms with Crippen molar-refractivity contribution >= 4 is 29.1 Å². The smallest absolute Gasteiger partial charge is 0.303 e. The van der Waals surface area contributed by atoms with Gasteiger partial charge in [0.1, 0.15) is 5.54 Å². The van der Waals surface area contributed by atoms with Gasteiger partial charge in [-0.15, -0.1) is 6.42 Å². The van der Waals surface area contributed by atoms with Crippen LogP contribution in [0.4, 0.5) is 5.69 Å². The van der Waals surface area contributed by atoms with Crippen LogP contribution in [0, 0.1) is 12.3 Å². The number of hydrogen-bond donors (Lipinski definition) is 2. The average molecular weight is 411 g/mol. The zero-order valence-electron chi connectivity index (χ0n) is 16.0. The highest BCUT2D eigenvalue weighted by Gasteiger charge is 2.49. The van der Waals surface area contributed by atoms with E-state index >= 15 is 0 Å². The van der Waals surface area contributed by atoms with Crippen molar-refractivity contribution in [2.45, 2.75) is 43.9 Å². The number of halogens is 1. The number of aliphatic hydroxyl groups is 1. The fraction of sp³-hybridized carbons (Fsp3) is 0.304. The van der Waals surface area contributed by atoms with E-state index in [9.17, 15) is 14.7 Å². The highest BCUT2D eigenvalue weighted by atomic mass is 35.5. The Morgan fingerprint density at radius 3 is 2.66 bits per heavy atom. The first kappa shape index (κ1) is 20.9. The lowest BCUT2D eigenvalue weighted by Crippen LogP contribution is -2.63. The van der Waals surface area contributed by atoms with E-state index in [1.165, 1.54) is 4.90 Å². The minimum atomic E-state index is -1.29. The number of carbonyl (C=O) groups excluding carboxylic acids is 2. The Bertz CT molecular complexity index is 925. The van der Waals surface area contributed by atoms with Gasteiger partial charge in [0.15, 0.2) is 0 Å². The molecule has 150 valence electrons. The minimum absolute atomic E-state index is 0.105. The molecule has 1 saturated carbocycles. The summed E-state index contributed by atoms with van der Waals surface area (Å²) in [6, 6.07) is 16.2. The van der Waals surface area contributed by atoms with Crippen LogP contribution in [0.15, 0.2) is 54.6 Å². The van der Waals surface area contributed by atoms with Crippen molar-refractivity contribution in [3.05, 3.63) is 65.2 Å². The van der Waals surface area contributed by atoms with Gasteiger partial charge in [-0.1, -0.05) is 48.0 Å². The standard InChI is InChI=1S/C23H23ClN2O3/c1-2-21(28)26(19-11-6-10-18(24)14-19)23(13-7-12-20(27)15-23)22(29)25-16-17-8-4-3-5-9-17/h1,3-6,8-11,14,20,27H,7,12-13,15-16H2,(H,25,29). The quantitative estimate of drug-likeness (QED) is 0.743.